The van der Waals surface area contributed by atoms with Crippen molar-refractivity contribution < 1.29 is 14.3 Å². The molecule has 6 heteroatoms. The summed E-state index contributed by atoms with van der Waals surface area (Å²) in [6.45, 7) is 8.32. The topological polar surface area (TPSA) is 70.7 Å². The maximum absolute atomic E-state index is 12.7. The van der Waals surface area contributed by atoms with Crippen LogP contribution in [0, 0.1) is 11.8 Å². The van der Waals surface area contributed by atoms with E-state index in [2.05, 4.69) is 29.4 Å². The van der Waals surface area contributed by atoms with Crippen molar-refractivity contribution in [3.63, 3.8) is 0 Å². The van der Waals surface area contributed by atoms with Gasteiger partial charge in [-0.3, -0.25) is 14.5 Å². The molecule has 1 aliphatic rings. The molecule has 0 spiro atoms. The molecule has 160 valence electrons. The number of likely N-dealkylation sites (tertiary alicyclic amines) is 1. The Hall–Kier alpha value is -2.86. The molecule has 2 amide bonds. The SMILES string of the molecule is COc1ccccc1NC(=O)c1ccc(NC(=O)[C@H](C)N2C[C@@H](C)C[C@H](C)C2)cc1. The van der Waals surface area contributed by atoms with Crippen LogP contribution in [0.1, 0.15) is 37.6 Å². The molecule has 3 rings (SSSR count). The molecule has 0 radical (unpaired) electrons. The number of amides is 2. The number of anilines is 2. The minimum absolute atomic E-state index is 0.0254. The van der Waals surface area contributed by atoms with E-state index in [4.69, 9.17) is 4.74 Å². The third-order valence-corrected chi connectivity index (χ3v) is 5.59. The lowest BCUT2D eigenvalue weighted by atomic mass is 9.91. The van der Waals surface area contributed by atoms with Gasteiger partial charge in [0.25, 0.3) is 5.91 Å². The number of carbonyl (C=O) groups is 2. The predicted octanol–water partition coefficient (Wildman–Crippen LogP) is 4.25. The van der Waals surface area contributed by atoms with E-state index in [-0.39, 0.29) is 17.9 Å². The van der Waals surface area contributed by atoms with Crippen LogP contribution >= 0.6 is 0 Å². The second-order valence-corrected chi connectivity index (χ2v) is 8.30. The third kappa shape index (κ3) is 5.39. The summed E-state index contributed by atoms with van der Waals surface area (Å²) in [6, 6.07) is 14.0. The molecule has 2 aromatic carbocycles. The Morgan fingerprint density at radius 2 is 1.63 bits per heavy atom. The molecule has 0 unspecified atom stereocenters. The fourth-order valence-corrected chi connectivity index (χ4v) is 4.09. The number of ether oxygens (including phenoxy) is 1. The molecule has 2 aromatic rings. The molecule has 0 aliphatic carbocycles. The third-order valence-electron chi connectivity index (χ3n) is 5.59. The number of hydrogen-bond acceptors (Lipinski definition) is 4. The molecule has 1 aliphatic heterocycles. The van der Waals surface area contributed by atoms with E-state index in [0.29, 0.717) is 34.5 Å². The highest BCUT2D eigenvalue weighted by Gasteiger charge is 2.28. The van der Waals surface area contributed by atoms with Crippen molar-refractivity contribution in [1.29, 1.82) is 0 Å². The van der Waals surface area contributed by atoms with Crippen molar-refractivity contribution in [2.45, 2.75) is 33.2 Å². The van der Waals surface area contributed by atoms with Crippen molar-refractivity contribution in [1.82, 2.24) is 4.90 Å². The monoisotopic (exact) mass is 409 g/mol. The first kappa shape index (κ1) is 21.8. The van der Waals surface area contributed by atoms with E-state index in [1.165, 1.54) is 6.42 Å². The summed E-state index contributed by atoms with van der Waals surface area (Å²) in [5, 5.41) is 5.82. The van der Waals surface area contributed by atoms with Crippen molar-refractivity contribution >= 4 is 23.2 Å². The van der Waals surface area contributed by atoms with Gasteiger partial charge in [0.05, 0.1) is 18.8 Å². The molecule has 0 bridgehead atoms. The lowest BCUT2D eigenvalue weighted by Crippen LogP contribution is -2.48. The van der Waals surface area contributed by atoms with Gasteiger partial charge in [0.1, 0.15) is 5.75 Å². The maximum atomic E-state index is 12.7. The van der Waals surface area contributed by atoms with Crippen molar-refractivity contribution in [2.75, 3.05) is 30.8 Å². The van der Waals surface area contributed by atoms with Gasteiger partial charge in [-0.2, -0.15) is 0 Å². The number of benzene rings is 2. The van der Waals surface area contributed by atoms with Crippen molar-refractivity contribution in [2.24, 2.45) is 11.8 Å². The highest BCUT2D eigenvalue weighted by Crippen LogP contribution is 2.25. The lowest BCUT2D eigenvalue weighted by Gasteiger charge is -2.38. The number of methoxy groups -OCH3 is 1. The molecule has 30 heavy (non-hydrogen) atoms. The number of rotatable bonds is 6. The summed E-state index contributed by atoms with van der Waals surface area (Å²) in [5.74, 6) is 1.55. The first-order chi connectivity index (χ1) is 14.4. The molecule has 1 saturated heterocycles. The Kier molecular flexibility index (Phi) is 7.11. The smallest absolute Gasteiger partial charge is 0.255 e. The molecular weight excluding hydrogens is 378 g/mol. The molecule has 0 saturated carbocycles. The van der Waals surface area contributed by atoms with E-state index in [1.807, 2.05) is 19.1 Å². The molecular formula is C24H31N3O3. The molecule has 3 atom stereocenters. The number of piperidine rings is 1. The van der Waals surface area contributed by atoms with Crippen LogP contribution in [0.15, 0.2) is 48.5 Å². The average molecular weight is 410 g/mol. The first-order valence-electron chi connectivity index (χ1n) is 10.5. The van der Waals surface area contributed by atoms with E-state index >= 15 is 0 Å². The summed E-state index contributed by atoms with van der Waals surface area (Å²) >= 11 is 0. The second-order valence-electron chi connectivity index (χ2n) is 8.30. The van der Waals surface area contributed by atoms with Crippen LogP contribution in [0.5, 0.6) is 5.75 Å². The van der Waals surface area contributed by atoms with Crippen LogP contribution in [0.25, 0.3) is 0 Å². The summed E-state index contributed by atoms with van der Waals surface area (Å²) < 4.78 is 5.26. The summed E-state index contributed by atoms with van der Waals surface area (Å²) in [5.41, 5.74) is 1.80. The Morgan fingerprint density at radius 1 is 1.00 bits per heavy atom. The van der Waals surface area contributed by atoms with Crippen LogP contribution in [-0.2, 0) is 4.79 Å². The van der Waals surface area contributed by atoms with Gasteiger partial charge in [0.2, 0.25) is 5.91 Å². The summed E-state index contributed by atoms with van der Waals surface area (Å²) in [7, 11) is 1.56. The molecule has 6 nitrogen and oxygen atoms in total. The highest BCUT2D eigenvalue weighted by molar-refractivity contribution is 6.05. The Bertz CT molecular complexity index is 872. The van der Waals surface area contributed by atoms with E-state index in [9.17, 15) is 9.59 Å². The number of nitrogens with zero attached hydrogens (tertiary/aromatic N) is 1. The fourth-order valence-electron chi connectivity index (χ4n) is 4.09. The van der Waals surface area contributed by atoms with Gasteiger partial charge in [-0.15, -0.1) is 0 Å². The van der Waals surface area contributed by atoms with Gasteiger partial charge in [0.15, 0.2) is 0 Å². The van der Waals surface area contributed by atoms with Crippen molar-refractivity contribution in [3.8, 4) is 5.75 Å². The van der Waals surface area contributed by atoms with Gasteiger partial charge in [0, 0.05) is 24.3 Å². The van der Waals surface area contributed by atoms with Crippen LogP contribution in [0.2, 0.25) is 0 Å². The Balaban J connectivity index is 1.60. The zero-order valence-electron chi connectivity index (χ0n) is 18.1. The van der Waals surface area contributed by atoms with Crippen LogP contribution in [0.4, 0.5) is 11.4 Å². The van der Waals surface area contributed by atoms with Gasteiger partial charge in [-0.25, -0.2) is 0 Å². The Morgan fingerprint density at radius 3 is 2.27 bits per heavy atom. The highest BCUT2D eigenvalue weighted by atomic mass is 16.5. The van der Waals surface area contributed by atoms with Gasteiger partial charge in [-0.1, -0.05) is 26.0 Å². The largest absolute Gasteiger partial charge is 0.495 e. The Labute approximate surface area is 178 Å². The predicted molar refractivity (Wildman–Crippen MR) is 120 cm³/mol. The number of para-hydroxylation sites is 2. The summed E-state index contributed by atoms with van der Waals surface area (Å²) in [4.78, 5) is 27.5. The first-order valence-corrected chi connectivity index (χ1v) is 10.5. The maximum Gasteiger partial charge on any atom is 0.255 e. The average Bonchev–Trinajstić information content (AvgIpc) is 2.73. The number of hydrogen-bond donors (Lipinski definition) is 2. The number of carbonyl (C=O) groups excluding carboxylic acids is 2. The molecule has 1 fully saturated rings. The van der Waals surface area contributed by atoms with E-state index in [1.54, 1.807) is 43.5 Å². The normalized spacial score (nSPS) is 20.3. The molecule has 0 aromatic heterocycles. The molecule has 2 N–H and O–H groups in total. The minimum Gasteiger partial charge on any atom is -0.495 e. The van der Waals surface area contributed by atoms with Crippen molar-refractivity contribution in [3.05, 3.63) is 54.1 Å². The second kappa shape index (κ2) is 9.76. The van der Waals surface area contributed by atoms with Crippen LogP contribution in [0.3, 0.4) is 0 Å². The van der Waals surface area contributed by atoms with E-state index in [0.717, 1.165) is 13.1 Å². The van der Waals surface area contributed by atoms with E-state index < -0.39 is 0 Å². The van der Waals surface area contributed by atoms with Crippen LogP contribution < -0.4 is 15.4 Å². The molecule has 1 heterocycles. The van der Waals surface area contributed by atoms with Gasteiger partial charge in [-0.05, 0) is 61.6 Å². The minimum atomic E-state index is -0.234. The zero-order chi connectivity index (χ0) is 21.7. The zero-order valence-corrected chi connectivity index (χ0v) is 18.1. The van der Waals surface area contributed by atoms with Gasteiger partial charge < -0.3 is 15.4 Å². The quantitative estimate of drug-likeness (QED) is 0.748. The number of nitrogens with one attached hydrogen (secondary N) is 2. The van der Waals surface area contributed by atoms with Gasteiger partial charge >= 0.3 is 0 Å². The standard InChI is InChI=1S/C24H31N3O3/c1-16-13-17(2)15-27(14-16)18(3)23(28)25-20-11-9-19(10-12-20)24(29)26-21-7-5-6-8-22(21)30-4/h5-12,16-18H,13-15H2,1-4H3,(H,25,28)(H,26,29)/t16-,17-,18-/m0/s1. The summed E-state index contributed by atoms with van der Waals surface area (Å²) in [6.07, 6.45) is 1.21. The lowest BCUT2D eigenvalue weighted by molar-refractivity contribution is -0.121. The van der Waals surface area contributed by atoms with Crippen LogP contribution in [-0.4, -0.2) is 43.0 Å². The fraction of sp³-hybridized carbons (Fsp3) is 0.417.